The number of aliphatic carboxylic acids is 1. The van der Waals surface area contributed by atoms with Crippen LogP contribution in [0.2, 0.25) is 0 Å². The number of hydrogen-bond acceptors (Lipinski definition) is 2. The van der Waals surface area contributed by atoms with Gasteiger partial charge in [0.15, 0.2) is 0 Å². The Hall–Kier alpha value is -2.29. The number of carboxylic acid groups (broad SMARTS) is 1. The van der Waals surface area contributed by atoms with Crippen LogP contribution in [0.25, 0.3) is 0 Å². The molecule has 2 rings (SSSR count). The Morgan fingerprint density at radius 2 is 1.62 bits per heavy atom. The molecule has 0 saturated carbocycles. The topological polar surface area (TPSA) is 46.5 Å². The molecule has 0 aliphatic heterocycles. The molecular weight excluding hydrogens is 300 g/mol. The van der Waals surface area contributed by atoms with E-state index in [1.165, 1.54) is 5.56 Å². The van der Waals surface area contributed by atoms with Crippen LogP contribution in [0.1, 0.15) is 48.1 Å². The molecule has 0 bridgehead atoms. The fraction of sp³-hybridized carbons (Fsp3) is 0.381. The Kier molecular flexibility index (Phi) is 8.03. The maximum atomic E-state index is 10.7. The monoisotopic (exact) mass is 328 g/mol. The number of carbonyl (C=O) groups is 1. The van der Waals surface area contributed by atoms with Crippen LogP contribution in [0.3, 0.4) is 0 Å². The van der Waals surface area contributed by atoms with Gasteiger partial charge in [0.2, 0.25) is 0 Å². The predicted molar refractivity (Wildman–Crippen MR) is 98.7 cm³/mol. The van der Waals surface area contributed by atoms with Crippen LogP contribution in [0, 0.1) is 20.8 Å². The second-order valence-electron chi connectivity index (χ2n) is 5.73. The number of benzene rings is 2. The normalized spacial score (nSPS) is 9.88. The number of carboxylic acids is 1. The summed E-state index contributed by atoms with van der Waals surface area (Å²) >= 11 is 0. The molecule has 0 aliphatic carbocycles. The van der Waals surface area contributed by atoms with Gasteiger partial charge in [-0.25, -0.2) is 0 Å². The average Bonchev–Trinajstić information content (AvgIpc) is 2.54. The summed E-state index contributed by atoms with van der Waals surface area (Å²) < 4.78 is 5.97. The van der Waals surface area contributed by atoms with Crippen molar-refractivity contribution in [2.24, 2.45) is 0 Å². The lowest BCUT2D eigenvalue weighted by molar-refractivity contribution is -0.136. The van der Waals surface area contributed by atoms with E-state index in [0.717, 1.165) is 28.0 Å². The Morgan fingerprint density at radius 1 is 1.00 bits per heavy atom. The Balaban J connectivity index is 0.00000139. The highest BCUT2D eigenvalue weighted by molar-refractivity contribution is 5.67. The van der Waals surface area contributed by atoms with Gasteiger partial charge in [0.25, 0.3) is 0 Å². The summed E-state index contributed by atoms with van der Waals surface area (Å²) in [7, 11) is 0. The van der Waals surface area contributed by atoms with Gasteiger partial charge >= 0.3 is 5.97 Å². The minimum absolute atomic E-state index is 0.155. The Labute approximate surface area is 145 Å². The zero-order chi connectivity index (χ0) is 18.1. The highest BCUT2D eigenvalue weighted by Crippen LogP contribution is 2.26. The molecule has 3 heteroatoms. The van der Waals surface area contributed by atoms with E-state index in [-0.39, 0.29) is 6.42 Å². The molecule has 0 aromatic heterocycles. The third kappa shape index (κ3) is 6.07. The maximum absolute atomic E-state index is 10.7. The average molecular weight is 328 g/mol. The first-order valence-corrected chi connectivity index (χ1v) is 8.46. The van der Waals surface area contributed by atoms with Gasteiger partial charge in [0.05, 0.1) is 0 Å². The summed E-state index contributed by atoms with van der Waals surface area (Å²) in [5, 5.41) is 8.78. The molecule has 2 aromatic carbocycles. The van der Waals surface area contributed by atoms with Crippen molar-refractivity contribution in [2.75, 3.05) is 0 Å². The van der Waals surface area contributed by atoms with Crippen molar-refractivity contribution in [1.82, 2.24) is 0 Å². The summed E-state index contributed by atoms with van der Waals surface area (Å²) in [4.78, 5) is 10.7. The van der Waals surface area contributed by atoms with Crippen LogP contribution in [-0.2, 0) is 17.8 Å². The minimum atomic E-state index is -0.768. The highest BCUT2D eigenvalue weighted by Gasteiger charge is 2.08. The lowest BCUT2D eigenvalue weighted by Gasteiger charge is -2.14. The van der Waals surface area contributed by atoms with Crippen molar-refractivity contribution in [1.29, 1.82) is 0 Å². The van der Waals surface area contributed by atoms with Gasteiger partial charge in [-0.3, -0.25) is 4.79 Å². The number of hydrogen-bond donors (Lipinski definition) is 1. The van der Waals surface area contributed by atoms with Crippen LogP contribution in [0.15, 0.2) is 36.4 Å². The first-order valence-electron chi connectivity index (χ1n) is 8.46. The minimum Gasteiger partial charge on any atom is -0.488 e. The van der Waals surface area contributed by atoms with Crippen molar-refractivity contribution >= 4 is 5.97 Å². The van der Waals surface area contributed by atoms with Crippen LogP contribution in [0.5, 0.6) is 5.75 Å². The van der Waals surface area contributed by atoms with Crippen molar-refractivity contribution in [3.8, 4) is 5.75 Å². The van der Waals surface area contributed by atoms with Crippen LogP contribution in [0.4, 0.5) is 0 Å². The van der Waals surface area contributed by atoms with E-state index in [2.05, 4.69) is 25.1 Å². The fourth-order valence-electron chi connectivity index (χ4n) is 2.62. The quantitative estimate of drug-likeness (QED) is 0.789. The highest BCUT2D eigenvalue weighted by atomic mass is 16.5. The first-order chi connectivity index (χ1) is 11.5. The van der Waals surface area contributed by atoms with Crippen molar-refractivity contribution in [2.45, 2.75) is 54.1 Å². The van der Waals surface area contributed by atoms with E-state index in [0.29, 0.717) is 13.0 Å². The smallest absolute Gasteiger partial charge is 0.303 e. The van der Waals surface area contributed by atoms with Crippen LogP contribution >= 0.6 is 0 Å². The summed E-state index contributed by atoms with van der Waals surface area (Å²) in [6, 6.07) is 12.3. The molecule has 0 amide bonds. The molecule has 3 nitrogen and oxygen atoms in total. The van der Waals surface area contributed by atoms with Crippen molar-refractivity contribution < 1.29 is 14.6 Å². The van der Waals surface area contributed by atoms with E-state index in [1.807, 2.05) is 45.9 Å². The lowest BCUT2D eigenvalue weighted by atomic mass is 10.0. The molecule has 1 N–H and O–H groups in total. The number of rotatable bonds is 6. The molecule has 2 aromatic rings. The Morgan fingerprint density at radius 3 is 2.17 bits per heavy atom. The Bertz CT molecular complexity index is 652. The van der Waals surface area contributed by atoms with Crippen molar-refractivity contribution in [3.05, 3.63) is 64.2 Å². The predicted octanol–water partition coefficient (Wildman–Crippen LogP) is 5.23. The van der Waals surface area contributed by atoms with Gasteiger partial charge in [0.1, 0.15) is 12.4 Å². The van der Waals surface area contributed by atoms with Crippen molar-refractivity contribution in [3.63, 3.8) is 0 Å². The standard InChI is InChI=1S/C19H22O3.C2H6/c1-13-5-4-6-17(9-13)12-22-19-14(2)10-16(11-15(19)3)7-8-18(20)21;1-2/h4-6,9-11H,7-8,12H2,1-3H3,(H,20,21);1-2H3. The summed E-state index contributed by atoms with van der Waals surface area (Å²) in [6.07, 6.45) is 0.706. The molecule has 0 spiro atoms. The number of aryl methyl sites for hydroxylation is 4. The van der Waals surface area contributed by atoms with Crippen LogP contribution < -0.4 is 4.74 Å². The molecule has 0 atom stereocenters. The third-order valence-corrected chi connectivity index (χ3v) is 3.61. The first kappa shape index (κ1) is 19.8. The molecule has 0 heterocycles. The zero-order valence-electron chi connectivity index (χ0n) is 15.3. The molecule has 0 fully saturated rings. The fourth-order valence-corrected chi connectivity index (χ4v) is 2.62. The molecule has 24 heavy (non-hydrogen) atoms. The molecule has 0 saturated heterocycles. The van der Waals surface area contributed by atoms with Gasteiger partial charge in [0, 0.05) is 6.42 Å². The molecule has 0 unspecified atom stereocenters. The van der Waals surface area contributed by atoms with E-state index in [1.54, 1.807) is 0 Å². The molecule has 130 valence electrons. The molecule has 0 aliphatic rings. The van der Waals surface area contributed by atoms with Gasteiger partial charge < -0.3 is 9.84 Å². The largest absolute Gasteiger partial charge is 0.488 e. The third-order valence-electron chi connectivity index (χ3n) is 3.61. The van der Waals surface area contributed by atoms with Gasteiger partial charge in [-0.15, -0.1) is 0 Å². The second kappa shape index (κ2) is 9.76. The van der Waals surface area contributed by atoms with Gasteiger partial charge in [-0.05, 0) is 49.4 Å². The SMILES string of the molecule is CC.Cc1cccc(COc2c(C)cc(CCC(=O)O)cc2C)c1. The van der Waals surface area contributed by atoms with Gasteiger partial charge in [-0.1, -0.05) is 55.8 Å². The van der Waals surface area contributed by atoms with E-state index >= 15 is 0 Å². The second-order valence-corrected chi connectivity index (χ2v) is 5.73. The number of ether oxygens (including phenoxy) is 1. The van der Waals surface area contributed by atoms with E-state index in [4.69, 9.17) is 9.84 Å². The summed E-state index contributed by atoms with van der Waals surface area (Å²) in [5.74, 6) is 0.121. The maximum Gasteiger partial charge on any atom is 0.303 e. The summed E-state index contributed by atoms with van der Waals surface area (Å²) in [6.45, 7) is 10.6. The lowest BCUT2D eigenvalue weighted by Crippen LogP contribution is -2.02. The van der Waals surface area contributed by atoms with Crippen LogP contribution in [-0.4, -0.2) is 11.1 Å². The molecular formula is C21H28O3. The van der Waals surface area contributed by atoms with E-state index < -0.39 is 5.97 Å². The molecule has 0 radical (unpaired) electrons. The van der Waals surface area contributed by atoms with E-state index in [9.17, 15) is 4.79 Å². The zero-order valence-corrected chi connectivity index (χ0v) is 15.3. The van der Waals surface area contributed by atoms with Gasteiger partial charge in [-0.2, -0.15) is 0 Å². The summed E-state index contributed by atoms with van der Waals surface area (Å²) in [5.41, 5.74) is 5.51.